The summed E-state index contributed by atoms with van der Waals surface area (Å²) in [6.45, 7) is 0. The number of nitrogens with one attached hydrogen (secondary N) is 1. The fourth-order valence-electron chi connectivity index (χ4n) is 1.51. The molecule has 0 aliphatic carbocycles. The van der Waals surface area contributed by atoms with Gasteiger partial charge in [-0.15, -0.1) is 0 Å². The first-order valence-electron chi connectivity index (χ1n) is 5.65. The topological polar surface area (TPSA) is 29.1 Å². The molecule has 4 heteroatoms. The number of halogens is 2. The van der Waals surface area contributed by atoms with E-state index in [1.165, 1.54) is 6.08 Å². The molecule has 96 valence electrons. The number of rotatable bonds is 3. The molecule has 0 aromatic heterocycles. The average molecular weight is 428 g/mol. The molecule has 0 fully saturated rings. The molecule has 0 aliphatic heterocycles. The Morgan fingerprint density at radius 1 is 1.11 bits per heavy atom. The molecule has 0 saturated heterocycles. The molecule has 1 amide bonds. The van der Waals surface area contributed by atoms with Gasteiger partial charge in [0.2, 0.25) is 5.91 Å². The Hall–Kier alpha value is -1.14. The summed E-state index contributed by atoms with van der Waals surface area (Å²) >= 11 is 5.63. The molecule has 19 heavy (non-hydrogen) atoms. The molecule has 0 saturated carbocycles. The number of carbonyl (C=O) groups is 1. The maximum atomic E-state index is 11.8. The lowest BCUT2D eigenvalue weighted by molar-refractivity contribution is -0.111. The van der Waals surface area contributed by atoms with Crippen LogP contribution in [-0.2, 0) is 4.79 Å². The molecule has 0 aliphatic rings. The number of benzene rings is 2. The summed E-state index contributed by atoms with van der Waals surface area (Å²) in [6.07, 6.45) is 3.32. The molecule has 0 bridgehead atoms. The molecule has 2 nitrogen and oxygen atoms in total. The lowest BCUT2D eigenvalue weighted by Gasteiger charge is -2.04. The fraction of sp³-hybridized carbons (Fsp3) is 0. The van der Waals surface area contributed by atoms with Gasteiger partial charge in [0.15, 0.2) is 0 Å². The number of hydrogen-bond donors (Lipinski definition) is 1. The highest BCUT2D eigenvalue weighted by Gasteiger charge is 2.01. The zero-order valence-corrected chi connectivity index (χ0v) is 13.7. The van der Waals surface area contributed by atoms with Gasteiger partial charge in [-0.25, -0.2) is 0 Å². The SMILES string of the molecule is O=C(C=Cc1ccccc1Br)Nc1ccccc1I. The van der Waals surface area contributed by atoms with Crippen molar-refractivity contribution < 1.29 is 4.79 Å². The summed E-state index contributed by atoms with van der Waals surface area (Å²) in [6, 6.07) is 15.4. The lowest BCUT2D eigenvalue weighted by Crippen LogP contribution is -2.08. The van der Waals surface area contributed by atoms with Crippen molar-refractivity contribution in [3.63, 3.8) is 0 Å². The van der Waals surface area contributed by atoms with E-state index in [0.717, 1.165) is 19.3 Å². The van der Waals surface area contributed by atoms with Crippen molar-refractivity contribution in [2.24, 2.45) is 0 Å². The number of anilines is 1. The zero-order valence-electron chi connectivity index (χ0n) is 9.94. The quantitative estimate of drug-likeness (QED) is 0.558. The van der Waals surface area contributed by atoms with Gasteiger partial charge in [-0.3, -0.25) is 4.79 Å². The van der Waals surface area contributed by atoms with E-state index >= 15 is 0 Å². The van der Waals surface area contributed by atoms with Gasteiger partial charge in [-0.2, -0.15) is 0 Å². The highest BCUT2D eigenvalue weighted by Crippen LogP contribution is 2.18. The predicted octanol–water partition coefficient (Wildman–Crippen LogP) is 4.71. The Bertz CT molecular complexity index is 625. The number of carbonyl (C=O) groups excluding carboxylic acids is 1. The number of para-hydroxylation sites is 1. The molecule has 0 atom stereocenters. The van der Waals surface area contributed by atoms with E-state index < -0.39 is 0 Å². The average Bonchev–Trinajstić information content (AvgIpc) is 2.40. The maximum Gasteiger partial charge on any atom is 0.248 e. The molecule has 0 heterocycles. The van der Waals surface area contributed by atoms with Gasteiger partial charge >= 0.3 is 0 Å². The van der Waals surface area contributed by atoms with Crippen LogP contribution in [0.4, 0.5) is 5.69 Å². The van der Waals surface area contributed by atoms with Crippen LogP contribution in [-0.4, -0.2) is 5.91 Å². The first kappa shape index (κ1) is 14.3. The third-order valence-corrected chi connectivity index (χ3v) is 4.11. The Labute approximate surface area is 134 Å². The van der Waals surface area contributed by atoms with Gasteiger partial charge in [-0.1, -0.05) is 46.3 Å². The lowest BCUT2D eigenvalue weighted by atomic mass is 10.2. The minimum absolute atomic E-state index is 0.139. The Morgan fingerprint density at radius 2 is 1.79 bits per heavy atom. The summed E-state index contributed by atoms with van der Waals surface area (Å²) in [7, 11) is 0. The van der Waals surface area contributed by atoms with Gasteiger partial charge in [0.25, 0.3) is 0 Å². The molecule has 0 spiro atoms. The minimum Gasteiger partial charge on any atom is -0.322 e. The first-order valence-corrected chi connectivity index (χ1v) is 7.52. The van der Waals surface area contributed by atoms with Crippen LogP contribution in [0.3, 0.4) is 0 Å². The van der Waals surface area contributed by atoms with Gasteiger partial charge in [0, 0.05) is 14.1 Å². The van der Waals surface area contributed by atoms with Crippen molar-refractivity contribution >= 4 is 56.2 Å². The zero-order chi connectivity index (χ0) is 13.7. The second-order valence-electron chi connectivity index (χ2n) is 3.82. The van der Waals surface area contributed by atoms with E-state index in [0.29, 0.717) is 0 Å². The van der Waals surface area contributed by atoms with Crippen LogP contribution in [0.15, 0.2) is 59.1 Å². The molecule has 0 unspecified atom stereocenters. The van der Waals surface area contributed by atoms with Gasteiger partial charge in [0.05, 0.1) is 5.69 Å². The third-order valence-electron chi connectivity index (χ3n) is 2.45. The standard InChI is InChI=1S/C15H11BrINO/c16-12-6-2-1-5-11(12)9-10-15(19)18-14-8-4-3-7-13(14)17/h1-10H,(H,18,19). The van der Waals surface area contributed by atoms with Crippen molar-refractivity contribution in [2.75, 3.05) is 5.32 Å². The van der Waals surface area contributed by atoms with E-state index in [-0.39, 0.29) is 5.91 Å². The molecule has 0 radical (unpaired) electrons. The van der Waals surface area contributed by atoms with E-state index in [1.54, 1.807) is 6.08 Å². The monoisotopic (exact) mass is 427 g/mol. The summed E-state index contributed by atoms with van der Waals surface area (Å²) in [4.78, 5) is 11.8. The van der Waals surface area contributed by atoms with Crippen molar-refractivity contribution in [1.29, 1.82) is 0 Å². The van der Waals surface area contributed by atoms with Crippen LogP contribution in [0.5, 0.6) is 0 Å². The Balaban J connectivity index is 2.06. The summed E-state index contributed by atoms with van der Waals surface area (Å²) in [5.41, 5.74) is 1.80. The largest absolute Gasteiger partial charge is 0.322 e. The Morgan fingerprint density at radius 3 is 2.53 bits per heavy atom. The van der Waals surface area contributed by atoms with E-state index in [4.69, 9.17) is 0 Å². The van der Waals surface area contributed by atoms with Crippen LogP contribution < -0.4 is 5.32 Å². The minimum atomic E-state index is -0.139. The van der Waals surface area contributed by atoms with E-state index in [2.05, 4.69) is 43.8 Å². The second-order valence-corrected chi connectivity index (χ2v) is 5.84. The molecule has 2 aromatic rings. The maximum absolute atomic E-state index is 11.8. The van der Waals surface area contributed by atoms with Gasteiger partial charge < -0.3 is 5.32 Å². The molecule has 2 rings (SSSR count). The summed E-state index contributed by atoms with van der Waals surface area (Å²) in [5.74, 6) is -0.139. The van der Waals surface area contributed by atoms with Crippen LogP contribution >= 0.6 is 38.5 Å². The van der Waals surface area contributed by atoms with Crippen LogP contribution in [0, 0.1) is 3.57 Å². The smallest absolute Gasteiger partial charge is 0.248 e. The van der Waals surface area contributed by atoms with Crippen molar-refractivity contribution in [1.82, 2.24) is 0 Å². The predicted molar refractivity (Wildman–Crippen MR) is 91.0 cm³/mol. The normalized spacial score (nSPS) is 10.6. The highest BCUT2D eigenvalue weighted by molar-refractivity contribution is 14.1. The van der Waals surface area contributed by atoms with Crippen molar-refractivity contribution in [3.8, 4) is 0 Å². The molecular weight excluding hydrogens is 417 g/mol. The summed E-state index contributed by atoms with van der Waals surface area (Å²) in [5, 5.41) is 2.85. The molecular formula is C15H11BrINO. The fourth-order valence-corrected chi connectivity index (χ4v) is 2.45. The van der Waals surface area contributed by atoms with Crippen LogP contribution in [0.25, 0.3) is 6.08 Å². The molecule has 2 aromatic carbocycles. The number of amides is 1. The van der Waals surface area contributed by atoms with E-state index in [9.17, 15) is 4.79 Å². The first-order chi connectivity index (χ1) is 9.16. The summed E-state index contributed by atoms with van der Waals surface area (Å²) < 4.78 is 1.98. The third kappa shape index (κ3) is 4.18. The van der Waals surface area contributed by atoms with Crippen molar-refractivity contribution in [3.05, 3.63) is 68.2 Å². The van der Waals surface area contributed by atoms with Crippen LogP contribution in [0.2, 0.25) is 0 Å². The second kappa shape index (κ2) is 6.86. The molecule has 1 N–H and O–H groups in total. The van der Waals surface area contributed by atoms with Gasteiger partial charge in [-0.05, 0) is 52.4 Å². The van der Waals surface area contributed by atoms with E-state index in [1.807, 2.05) is 48.5 Å². The Kier molecular flexibility index (Phi) is 5.15. The number of hydrogen-bond acceptors (Lipinski definition) is 1. The van der Waals surface area contributed by atoms with Gasteiger partial charge in [0.1, 0.15) is 0 Å². The highest BCUT2D eigenvalue weighted by atomic mass is 127. The van der Waals surface area contributed by atoms with Crippen LogP contribution in [0.1, 0.15) is 5.56 Å². The van der Waals surface area contributed by atoms with Crippen molar-refractivity contribution in [2.45, 2.75) is 0 Å².